The Kier molecular flexibility index (Phi) is 6.81. The highest BCUT2D eigenvalue weighted by molar-refractivity contribution is 6.69. The number of nitrogens with one attached hydrogen (secondary N) is 1. The Hall–Kier alpha value is -4.06. The molecule has 0 amide bonds. The Morgan fingerprint density at radius 1 is 0.689 bits per heavy atom. The highest BCUT2D eigenvalue weighted by Gasteiger charge is 2.67. The van der Waals surface area contributed by atoms with Crippen LogP contribution in [0.4, 0.5) is 11.4 Å². The molecule has 1 aromatic heterocycles. The van der Waals surface area contributed by atoms with E-state index in [0.717, 1.165) is 39.3 Å². The molecule has 7 heteroatoms. The van der Waals surface area contributed by atoms with Crippen molar-refractivity contribution in [3.63, 3.8) is 0 Å². The zero-order valence-corrected chi connectivity index (χ0v) is 26.5. The third-order valence-corrected chi connectivity index (χ3v) is 10.1. The van der Waals surface area contributed by atoms with E-state index in [1.54, 1.807) is 0 Å². The summed E-state index contributed by atoms with van der Waals surface area (Å²) in [5.41, 5.74) is 6.56. The standard InChI is InChI=1S/C38H29Cl3N4/c39-38(40,41)32-20-21-34-37(31-18-10-11-19-33(31)43-35(32)37)45(26-44(34)30-22-24-42-25-23-30)36(27-12-4-1-5-13-27,28-14-6-2-7-15-28)29-16-8-3-9-17-29/h1-25,34,43H,26H2. The van der Waals surface area contributed by atoms with E-state index in [1.165, 1.54) is 0 Å². The average molecular weight is 648 g/mol. The molecule has 1 fully saturated rings. The molecule has 45 heavy (non-hydrogen) atoms. The van der Waals surface area contributed by atoms with Crippen molar-refractivity contribution >= 4 is 46.2 Å². The molecule has 1 aliphatic carbocycles. The molecule has 1 saturated heterocycles. The Morgan fingerprint density at radius 3 is 1.78 bits per heavy atom. The summed E-state index contributed by atoms with van der Waals surface area (Å²) in [7, 11) is 0. The number of allylic oxidation sites excluding steroid dienone is 2. The fraction of sp³-hybridized carbons (Fsp3) is 0.132. The van der Waals surface area contributed by atoms with E-state index in [0.29, 0.717) is 12.2 Å². The first-order valence-corrected chi connectivity index (χ1v) is 16.1. The second-order valence-corrected chi connectivity index (χ2v) is 13.9. The Bertz CT molecular complexity index is 1810. The van der Waals surface area contributed by atoms with Crippen LogP contribution in [0.3, 0.4) is 0 Å². The number of pyridine rings is 1. The van der Waals surface area contributed by atoms with E-state index in [2.05, 4.69) is 154 Å². The molecule has 2 aliphatic heterocycles. The first kappa shape index (κ1) is 28.4. The molecule has 8 rings (SSSR count). The van der Waals surface area contributed by atoms with Crippen molar-refractivity contribution in [1.82, 2.24) is 9.88 Å². The molecule has 5 aromatic rings. The molecule has 0 bridgehead atoms. The van der Waals surface area contributed by atoms with Crippen molar-refractivity contribution in [3.8, 4) is 0 Å². The van der Waals surface area contributed by atoms with E-state index in [4.69, 9.17) is 34.8 Å². The maximum atomic E-state index is 6.82. The van der Waals surface area contributed by atoms with Crippen LogP contribution in [0, 0.1) is 0 Å². The van der Waals surface area contributed by atoms with Crippen molar-refractivity contribution in [2.24, 2.45) is 0 Å². The number of para-hydroxylation sites is 1. The lowest BCUT2D eigenvalue weighted by atomic mass is 9.69. The van der Waals surface area contributed by atoms with Crippen molar-refractivity contribution in [1.29, 1.82) is 0 Å². The van der Waals surface area contributed by atoms with Gasteiger partial charge in [-0.15, -0.1) is 0 Å². The molecule has 1 N–H and O–H groups in total. The van der Waals surface area contributed by atoms with Gasteiger partial charge >= 0.3 is 0 Å². The number of hydrogen-bond acceptors (Lipinski definition) is 4. The highest BCUT2D eigenvalue weighted by atomic mass is 35.6. The number of fused-ring (bicyclic) bond motifs is 1. The summed E-state index contributed by atoms with van der Waals surface area (Å²) in [6.45, 7) is 0.560. The lowest BCUT2D eigenvalue weighted by molar-refractivity contribution is 0.0810. The molecule has 4 nitrogen and oxygen atoms in total. The normalized spacial score (nSPS) is 20.9. The van der Waals surface area contributed by atoms with Gasteiger partial charge < -0.3 is 10.2 Å². The van der Waals surface area contributed by atoms with Crippen LogP contribution in [-0.2, 0) is 11.1 Å². The number of halogens is 3. The number of alkyl halides is 3. The van der Waals surface area contributed by atoms with Crippen molar-refractivity contribution in [2.45, 2.75) is 20.9 Å². The molecule has 3 aliphatic rings. The van der Waals surface area contributed by atoms with Gasteiger partial charge in [0.25, 0.3) is 0 Å². The summed E-state index contributed by atoms with van der Waals surface area (Å²) in [5, 5.41) is 3.78. The van der Waals surface area contributed by atoms with Crippen molar-refractivity contribution in [3.05, 3.63) is 185 Å². The predicted octanol–water partition coefficient (Wildman–Crippen LogP) is 9.04. The van der Waals surface area contributed by atoms with Gasteiger partial charge in [-0.05, 0) is 34.9 Å². The van der Waals surface area contributed by atoms with Crippen molar-refractivity contribution in [2.75, 3.05) is 16.9 Å². The monoisotopic (exact) mass is 646 g/mol. The summed E-state index contributed by atoms with van der Waals surface area (Å²) >= 11 is 20.4. The van der Waals surface area contributed by atoms with Gasteiger partial charge in [0.1, 0.15) is 5.54 Å². The van der Waals surface area contributed by atoms with Crippen LogP contribution in [-0.4, -0.2) is 26.4 Å². The molecule has 1 spiro atoms. The van der Waals surface area contributed by atoms with Gasteiger partial charge in [-0.1, -0.05) is 156 Å². The molecule has 2 unspecified atom stereocenters. The zero-order chi connectivity index (χ0) is 30.6. The Morgan fingerprint density at radius 2 is 1.22 bits per heavy atom. The van der Waals surface area contributed by atoms with Crippen LogP contribution >= 0.6 is 34.8 Å². The maximum Gasteiger partial charge on any atom is 0.217 e. The van der Waals surface area contributed by atoms with Crippen LogP contribution in [0.15, 0.2) is 163 Å². The zero-order valence-electron chi connectivity index (χ0n) is 24.2. The van der Waals surface area contributed by atoms with Gasteiger partial charge in [-0.3, -0.25) is 9.88 Å². The Balaban J connectivity index is 1.55. The molecule has 0 radical (unpaired) electrons. The first-order chi connectivity index (χ1) is 22.0. The third kappa shape index (κ3) is 4.13. The lowest BCUT2D eigenvalue weighted by Gasteiger charge is -2.52. The maximum absolute atomic E-state index is 6.82. The number of nitrogens with zero attached hydrogens (tertiary/aromatic N) is 3. The second-order valence-electron chi connectivity index (χ2n) is 11.6. The Labute approximate surface area is 278 Å². The van der Waals surface area contributed by atoms with Gasteiger partial charge in [0.2, 0.25) is 3.79 Å². The average Bonchev–Trinajstić information content (AvgIpc) is 3.62. The van der Waals surface area contributed by atoms with Crippen LogP contribution in [0.25, 0.3) is 0 Å². The molecular weight excluding hydrogens is 619 g/mol. The van der Waals surface area contributed by atoms with Crippen LogP contribution in [0.2, 0.25) is 0 Å². The summed E-state index contributed by atoms with van der Waals surface area (Å²) in [5.74, 6) is 0. The SMILES string of the molecule is ClC(Cl)(Cl)C1=C2Nc3ccccc3C23C(C=C1)N(c1ccncc1)CN3C(c1ccccc1)(c1ccccc1)c1ccccc1. The number of rotatable bonds is 5. The van der Waals surface area contributed by atoms with Gasteiger partial charge in [0, 0.05) is 34.9 Å². The molecule has 3 heterocycles. The predicted molar refractivity (Wildman–Crippen MR) is 185 cm³/mol. The number of aromatic nitrogens is 1. The largest absolute Gasteiger partial charge is 0.356 e. The molecule has 222 valence electrons. The summed E-state index contributed by atoms with van der Waals surface area (Å²) in [4.78, 5) is 9.41. The highest BCUT2D eigenvalue weighted by Crippen LogP contribution is 2.63. The molecule has 4 aromatic carbocycles. The topological polar surface area (TPSA) is 31.4 Å². The quantitative estimate of drug-likeness (QED) is 0.152. The van der Waals surface area contributed by atoms with Gasteiger partial charge in [-0.2, -0.15) is 0 Å². The first-order valence-electron chi connectivity index (χ1n) is 14.9. The van der Waals surface area contributed by atoms with Crippen LogP contribution in [0.5, 0.6) is 0 Å². The second kappa shape index (κ2) is 10.8. The fourth-order valence-electron chi connectivity index (χ4n) is 7.79. The smallest absolute Gasteiger partial charge is 0.217 e. The number of anilines is 2. The van der Waals surface area contributed by atoms with Crippen molar-refractivity contribution < 1.29 is 0 Å². The van der Waals surface area contributed by atoms with E-state index < -0.39 is 14.9 Å². The fourth-order valence-corrected chi connectivity index (χ4v) is 8.26. The molecular formula is C38H29Cl3N4. The minimum absolute atomic E-state index is 0.155. The van der Waals surface area contributed by atoms with E-state index >= 15 is 0 Å². The molecule has 2 atom stereocenters. The van der Waals surface area contributed by atoms with E-state index in [9.17, 15) is 0 Å². The summed E-state index contributed by atoms with van der Waals surface area (Å²) < 4.78 is -1.66. The van der Waals surface area contributed by atoms with Crippen LogP contribution in [0.1, 0.15) is 22.3 Å². The van der Waals surface area contributed by atoms with Crippen LogP contribution < -0.4 is 10.2 Å². The minimum Gasteiger partial charge on any atom is -0.356 e. The summed E-state index contributed by atoms with van der Waals surface area (Å²) in [6.07, 6.45) is 7.88. The van der Waals surface area contributed by atoms with E-state index in [1.807, 2.05) is 18.5 Å². The van der Waals surface area contributed by atoms with Gasteiger partial charge in [-0.25, -0.2) is 0 Å². The lowest BCUT2D eigenvalue weighted by Crippen LogP contribution is -2.59. The molecule has 0 saturated carbocycles. The summed E-state index contributed by atoms with van der Waals surface area (Å²) in [6, 6.07) is 44.8. The van der Waals surface area contributed by atoms with E-state index in [-0.39, 0.29) is 6.04 Å². The van der Waals surface area contributed by atoms with Gasteiger partial charge in [0.15, 0.2) is 0 Å². The third-order valence-electron chi connectivity index (χ3n) is 9.46. The minimum atomic E-state index is -1.66. The number of benzene rings is 4. The number of hydrogen-bond donors (Lipinski definition) is 1. The van der Waals surface area contributed by atoms with Gasteiger partial charge in [0.05, 0.1) is 23.9 Å².